The summed E-state index contributed by atoms with van der Waals surface area (Å²) < 4.78 is 0. The smallest absolute Gasteiger partial charge is 0.344 e. The third-order valence-electron chi connectivity index (χ3n) is 1.31. The molecule has 6 nitrogen and oxygen atoms in total. The molecule has 74 valence electrons. The van der Waals surface area contributed by atoms with Crippen LogP contribution in [0.3, 0.4) is 0 Å². The Kier molecular flexibility index (Phi) is 3.42. The number of oxime groups is 1. The van der Waals surface area contributed by atoms with Gasteiger partial charge in [-0.25, -0.2) is 4.79 Å². The van der Waals surface area contributed by atoms with Crippen molar-refractivity contribution in [1.29, 1.82) is 0 Å². The summed E-state index contributed by atoms with van der Waals surface area (Å²) in [6.07, 6.45) is 3.10. The molecule has 0 atom stereocenters. The molecule has 6 heteroatoms. The minimum absolute atomic E-state index is 0.0966. The summed E-state index contributed by atoms with van der Waals surface area (Å²) in [4.78, 5) is 18.3. The zero-order chi connectivity index (χ0) is 10.4. The first-order valence-electron chi connectivity index (χ1n) is 3.78. The van der Waals surface area contributed by atoms with Crippen LogP contribution in [0.1, 0.15) is 5.56 Å². The van der Waals surface area contributed by atoms with E-state index in [2.05, 4.69) is 15.0 Å². The van der Waals surface area contributed by atoms with Crippen molar-refractivity contribution in [1.82, 2.24) is 4.98 Å². The van der Waals surface area contributed by atoms with Gasteiger partial charge >= 0.3 is 5.97 Å². The van der Waals surface area contributed by atoms with Crippen molar-refractivity contribution >= 4 is 11.8 Å². The van der Waals surface area contributed by atoms with E-state index in [-0.39, 0.29) is 5.84 Å². The number of carboxylic acid groups (broad SMARTS) is 1. The lowest BCUT2D eigenvalue weighted by atomic mass is 10.3. The zero-order valence-corrected chi connectivity index (χ0v) is 7.25. The van der Waals surface area contributed by atoms with Gasteiger partial charge in [-0.2, -0.15) is 0 Å². The van der Waals surface area contributed by atoms with Crippen LogP contribution in [0, 0.1) is 0 Å². The molecule has 1 heterocycles. The molecule has 0 aliphatic carbocycles. The third kappa shape index (κ3) is 3.10. The fourth-order valence-electron chi connectivity index (χ4n) is 0.724. The van der Waals surface area contributed by atoms with Crippen LogP contribution in [-0.2, 0) is 9.63 Å². The largest absolute Gasteiger partial charge is 0.479 e. The molecule has 1 rings (SSSR count). The van der Waals surface area contributed by atoms with Crippen LogP contribution in [0.2, 0.25) is 0 Å². The molecule has 0 aliphatic rings. The number of aromatic nitrogens is 1. The molecule has 0 fully saturated rings. The first-order valence-corrected chi connectivity index (χ1v) is 3.78. The standard InChI is InChI=1S/C8H9N3O3/c9-8(11-14-5-7(12)13)6-2-1-3-10-4-6/h1-4H,5H2,(H2,9,11)(H,12,13). The Morgan fingerprint density at radius 2 is 2.50 bits per heavy atom. The van der Waals surface area contributed by atoms with Gasteiger partial charge in [0, 0.05) is 18.0 Å². The number of hydrogen-bond acceptors (Lipinski definition) is 4. The topological polar surface area (TPSA) is 97.8 Å². The first-order chi connectivity index (χ1) is 6.70. The van der Waals surface area contributed by atoms with Gasteiger partial charge in [-0.05, 0) is 12.1 Å². The van der Waals surface area contributed by atoms with Gasteiger partial charge in [-0.1, -0.05) is 5.16 Å². The van der Waals surface area contributed by atoms with Crippen molar-refractivity contribution in [3.63, 3.8) is 0 Å². The number of nitrogens with zero attached hydrogens (tertiary/aromatic N) is 2. The van der Waals surface area contributed by atoms with Crippen molar-refractivity contribution in [3.8, 4) is 0 Å². The molecule has 0 saturated heterocycles. The molecule has 0 spiro atoms. The maximum Gasteiger partial charge on any atom is 0.344 e. The van der Waals surface area contributed by atoms with Crippen LogP contribution in [-0.4, -0.2) is 28.5 Å². The molecule has 0 aliphatic heterocycles. The van der Waals surface area contributed by atoms with Gasteiger partial charge in [0.1, 0.15) is 0 Å². The maximum atomic E-state index is 10.1. The molecule has 0 radical (unpaired) electrons. The van der Waals surface area contributed by atoms with Crippen molar-refractivity contribution in [2.75, 3.05) is 6.61 Å². The fraction of sp³-hybridized carbons (Fsp3) is 0.125. The number of pyridine rings is 1. The van der Waals surface area contributed by atoms with Gasteiger partial charge in [0.2, 0.25) is 6.61 Å². The Labute approximate surface area is 80.0 Å². The lowest BCUT2D eigenvalue weighted by Crippen LogP contribution is -2.15. The lowest BCUT2D eigenvalue weighted by molar-refractivity contribution is -0.142. The van der Waals surface area contributed by atoms with Crippen LogP contribution in [0.15, 0.2) is 29.7 Å². The van der Waals surface area contributed by atoms with E-state index in [4.69, 9.17) is 10.8 Å². The summed E-state index contributed by atoms with van der Waals surface area (Å²) in [5.41, 5.74) is 6.05. The Balaban J connectivity index is 2.57. The highest BCUT2D eigenvalue weighted by atomic mass is 16.6. The van der Waals surface area contributed by atoms with Crippen LogP contribution in [0.25, 0.3) is 0 Å². The van der Waals surface area contributed by atoms with Gasteiger partial charge in [0.25, 0.3) is 0 Å². The van der Waals surface area contributed by atoms with Crippen molar-refractivity contribution in [2.45, 2.75) is 0 Å². The van der Waals surface area contributed by atoms with E-state index < -0.39 is 12.6 Å². The summed E-state index contributed by atoms with van der Waals surface area (Å²) in [7, 11) is 0. The van der Waals surface area contributed by atoms with Crippen LogP contribution in [0.5, 0.6) is 0 Å². The number of hydrogen-bond donors (Lipinski definition) is 2. The molecule has 14 heavy (non-hydrogen) atoms. The highest BCUT2D eigenvalue weighted by Crippen LogP contribution is 1.94. The molecular weight excluding hydrogens is 186 g/mol. The summed E-state index contributed by atoms with van der Waals surface area (Å²) in [5.74, 6) is -1.01. The third-order valence-corrected chi connectivity index (χ3v) is 1.31. The zero-order valence-electron chi connectivity index (χ0n) is 7.25. The van der Waals surface area contributed by atoms with Crippen LogP contribution >= 0.6 is 0 Å². The second-order valence-corrected chi connectivity index (χ2v) is 2.39. The maximum absolute atomic E-state index is 10.1. The number of aliphatic carboxylic acids is 1. The van der Waals surface area contributed by atoms with Gasteiger partial charge in [0.15, 0.2) is 5.84 Å². The Morgan fingerprint density at radius 3 is 3.07 bits per heavy atom. The lowest BCUT2D eigenvalue weighted by Gasteiger charge is -1.98. The predicted octanol–water partition coefficient (Wildman–Crippen LogP) is -0.197. The van der Waals surface area contributed by atoms with E-state index in [9.17, 15) is 4.79 Å². The predicted molar refractivity (Wildman–Crippen MR) is 48.5 cm³/mol. The Morgan fingerprint density at radius 1 is 1.71 bits per heavy atom. The monoisotopic (exact) mass is 195 g/mol. The SMILES string of the molecule is N/C(=N/OCC(=O)O)c1cccnc1. The number of rotatable bonds is 4. The van der Waals surface area contributed by atoms with Crippen molar-refractivity contribution < 1.29 is 14.7 Å². The van der Waals surface area contributed by atoms with E-state index >= 15 is 0 Å². The van der Waals surface area contributed by atoms with E-state index in [1.54, 1.807) is 18.3 Å². The second-order valence-electron chi connectivity index (χ2n) is 2.39. The minimum atomic E-state index is -1.10. The summed E-state index contributed by atoms with van der Waals surface area (Å²) in [5, 5.41) is 11.7. The number of nitrogens with two attached hydrogens (primary N) is 1. The second kappa shape index (κ2) is 4.80. The molecule has 0 amide bonds. The number of carboxylic acids is 1. The summed E-state index contributed by atoms with van der Waals surface area (Å²) in [6, 6.07) is 3.38. The molecule has 1 aromatic rings. The highest BCUT2D eigenvalue weighted by Gasteiger charge is 1.99. The number of amidine groups is 1. The average Bonchev–Trinajstić information content (AvgIpc) is 2.18. The van der Waals surface area contributed by atoms with Gasteiger partial charge < -0.3 is 15.7 Å². The van der Waals surface area contributed by atoms with Gasteiger partial charge in [-0.3, -0.25) is 4.98 Å². The van der Waals surface area contributed by atoms with Crippen LogP contribution < -0.4 is 5.73 Å². The van der Waals surface area contributed by atoms with E-state index in [0.717, 1.165) is 0 Å². The fourth-order valence-corrected chi connectivity index (χ4v) is 0.724. The Hall–Kier alpha value is -2.11. The molecule has 1 aromatic heterocycles. The Bertz CT molecular complexity index is 337. The summed E-state index contributed by atoms with van der Waals surface area (Å²) >= 11 is 0. The molecule has 0 bridgehead atoms. The van der Waals surface area contributed by atoms with E-state index in [1.807, 2.05) is 0 Å². The molecular formula is C8H9N3O3. The van der Waals surface area contributed by atoms with Gasteiger partial charge in [-0.15, -0.1) is 0 Å². The first kappa shape index (κ1) is 9.97. The number of carbonyl (C=O) groups is 1. The van der Waals surface area contributed by atoms with E-state index in [1.165, 1.54) is 6.20 Å². The average molecular weight is 195 g/mol. The molecule has 0 aromatic carbocycles. The quantitative estimate of drug-likeness (QED) is 0.394. The molecule has 0 saturated carbocycles. The van der Waals surface area contributed by atoms with Crippen molar-refractivity contribution in [3.05, 3.63) is 30.1 Å². The molecule has 0 unspecified atom stereocenters. The highest BCUT2D eigenvalue weighted by molar-refractivity contribution is 5.96. The normalized spacial score (nSPS) is 11.0. The van der Waals surface area contributed by atoms with Crippen LogP contribution in [0.4, 0.5) is 0 Å². The van der Waals surface area contributed by atoms with Crippen molar-refractivity contribution in [2.24, 2.45) is 10.9 Å². The van der Waals surface area contributed by atoms with Gasteiger partial charge in [0.05, 0.1) is 0 Å². The summed E-state index contributed by atoms with van der Waals surface area (Å²) in [6.45, 7) is -0.513. The van der Waals surface area contributed by atoms with E-state index in [0.29, 0.717) is 5.56 Å². The minimum Gasteiger partial charge on any atom is -0.479 e. The molecule has 3 N–H and O–H groups in total.